The van der Waals surface area contributed by atoms with Crippen LogP contribution in [0.25, 0.3) is 10.8 Å². The Morgan fingerprint density at radius 3 is 1.57 bits per heavy atom. The lowest BCUT2D eigenvalue weighted by molar-refractivity contribution is -0.122. The molecule has 0 unspecified atom stereocenters. The smallest absolute Gasteiger partial charge is 0.257 e. The van der Waals surface area contributed by atoms with Crippen LogP contribution in [0.2, 0.25) is 0 Å². The number of benzene rings is 6. The summed E-state index contributed by atoms with van der Waals surface area (Å²) in [5.41, 5.74) is 10.3. The first kappa shape index (κ1) is 24.1. The van der Waals surface area contributed by atoms with Crippen LogP contribution in [-0.4, -0.2) is 5.91 Å². The number of amides is 1. The average molecular weight is 517 g/mol. The van der Waals surface area contributed by atoms with Gasteiger partial charge in [-0.15, -0.1) is 0 Å². The molecule has 1 amide bonds. The molecule has 3 heteroatoms. The van der Waals surface area contributed by atoms with Gasteiger partial charge >= 0.3 is 0 Å². The van der Waals surface area contributed by atoms with Gasteiger partial charge in [0.05, 0.1) is 5.69 Å². The van der Waals surface area contributed by atoms with Gasteiger partial charge in [-0.25, -0.2) is 0 Å². The average Bonchev–Trinajstić information content (AvgIpc) is 3.26. The van der Waals surface area contributed by atoms with Crippen molar-refractivity contribution in [3.63, 3.8) is 0 Å². The Hall–Kier alpha value is -4.99. The van der Waals surface area contributed by atoms with E-state index in [2.05, 4.69) is 60.7 Å². The van der Waals surface area contributed by atoms with Crippen LogP contribution in [0.3, 0.4) is 0 Å². The van der Waals surface area contributed by atoms with Gasteiger partial charge in [0.2, 0.25) is 0 Å². The molecule has 2 N–H and O–H groups in total. The highest BCUT2D eigenvalue weighted by atomic mass is 16.2. The second-order valence-electron chi connectivity index (χ2n) is 10.3. The summed E-state index contributed by atoms with van der Waals surface area (Å²) in [5.74, 6) is -0.166. The molecule has 1 atom stereocenters. The molecule has 0 bridgehead atoms. The van der Waals surface area contributed by atoms with Gasteiger partial charge in [0.15, 0.2) is 0 Å². The van der Waals surface area contributed by atoms with E-state index in [9.17, 15) is 0 Å². The molecular weight excluding hydrogens is 488 g/mol. The van der Waals surface area contributed by atoms with Crippen molar-refractivity contribution < 1.29 is 4.79 Å². The molecule has 0 spiro atoms. The molecule has 6 aromatic carbocycles. The summed E-state index contributed by atoms with van der Waals surface area (Å²) < 4.78 is 0. The molecule has 0 fully saturated rings. The van der Waals surface area contributed by atoms with E-state index in [1.807, 2.05) is 102 Å². The van der Waals surface area contributed by atoms with Crippen molar-refractivity contribution in [1.29, 1.82) is 0 Å². The van der Waals surface area contributed by atoms with Crippen LogP contribution in [-0.2, 0) is 15.9 Å². The van der Waals surface area contributed by atoms with Crippen molar-refractivity contribution in [2.45, 2.75) is 11.1 Å². The summed E-state index contributed by atoms with van der Waals surface area (Å²) >= 11 is 0. The van der Waals surface area contributed by atoms with Crippen molar-refractivity contribution in [2.24, 2.45) is 5.73 Å². The first-order valence-corrected chi connectivity index (χ1v) is 13.5. The highest BCUT2D eigenvalue weighted by Gasteiger charge is 2.57. The summed E-state index contributed by atoms with van der Waals surface area (Å²) in [6.07, 6.45) is 0. The highest BCUT2D eigenvalue weighted by Crippen LogP contribution is 2.53. The second-order valence-corrected chi connectivity index (χ2v) is 10.3. The molecular formula is C37H28N2O. The van der Waals surface area contributed by atoms with Gasteiger partial charge < -0.3 is 5.73 Å². The van der Waals surface area contributed by atoms with Gasteiger partial charge in [0, 0.05) is 5.56 Å². The third-order valence-corrected chi connectivity index (χ3v) is 8.23. The Morgan fingerprint density at radius 1 is 0.525 bits per heavy atom. The zero-order chi connectivity index (χ0) is 27.2. The van der Waals surface area contributed by atoms with Gasteiger partial charge in [0.25, 0.3) is 5.91 Å². The molecule has 6 aromatic rings. The minimum atomic E-state index is -1.37. The number of carbonyl (C=O) groups is 1. The fourth-order valence-corrected chi connectivity index (χ4v) is 6.37. The molecule has 1 aliphatic rings. The lowest BCUT2D eigenvalue weighted by atomic mass is 9.75. The number of anilines is 1. The van der Waals surface area contributed by atoms with Crippen molar-refractivity contribution in [3.8, 4) is 0 Å². The first-order valence-electron chi connectivity index (χ1n) is 13.5. The maximum Gasteiger partial charge on any atom is 0.257 e. The monoisotopic (exact) mass is 516 g/mol. The van der Waals surface area contributed by atoms with E-state index in [4.69, 9.17) is 5.73 Å². The Balaban J connectivity index is 1.57. The number of fused-ring (bicyclic) bond motifs is 2. The van der Waals surface area contributed by atoms with Crippen molar-refractivity contribution in [3.05, 3.63) is 186 Å². The minimum absolute atomic E-state index is 0.166. The number of hydrogen-bond acceptors (Lipinski definition) is 2. The molecule has 3 nitrogen and oxygen atoms in total. The lowest BCUT2D eigenvalue weighted by Gasteiger charge is -2.44. The van der Waals surface area contributed by atoms with Crippen molar-refractivity contribution in [1.82, 2.24) is 0 Å². The van der Waals surface area contributed by atoms with Gasteiger partial charge in [-0.05, 0) is 45.2 Å². The molecule has 7 rings (SSSR count). The van der Waals surface area contributed by atoms with Crippen LogP contribution >= 0.6 is 0 Å². The number of nitrogens with zero attached hydrogens (tertiary/aromatic N) is 1. The predicted molar refractivity (Wildman–Crippen MR) is 162 cm³/mol. The lowest BCUT2D eigenvalue weighted by Crippen LogP contribution is -2.56. The molecule has 0 saturated carbocycles. The second kappa shape index (κ2) is 9.33. The molecule has 0 saturated heterocycles. The van der Waals surface area contributed by atoms with Gasteiger partial charge in [-0.1, -0.05) is 146 Å². The fourth-order valence-electron chi connectivity index (χ4n) is 6.37. The molecule has 0 aliphatic carbocycles. The van der Waals surface area contributed by atoms with E-state index in [1.165, 1.54) is 0 Å². The summed E-state index contributed by atoms with van der Waals surface area (Å²) in [6.45, 7) is 0. The van der Waals surface area contributed by atoms with Gasteiger partial charge in [0.1, 0.15) is 11.1 Å². The molecule has 0 aromatic heterocycles. The van der Waals surface area contributed by atoms with Crippen LogP contribution in [0.4, 0.5) is 5.69 Å². The van der Waals surface area contributed by atoms with Crippen molar-refractivity contribution >= 4 is 22.4 Å². The maximum atomic E-state index is 15.2. The summed E-state index contributed by atoms with van der Waals surface area (Å²) in [6, 6.07) is 53.0. The Morgan fingerprint density at radius 2 is 1.00 bits per heavy atom. The normalized spacial score (nSPS) is 16.7. The third-order valence-electron chi connectivity index (χ3n) is 8.23. The molecule has 40 heavy (non-hydrogen) atoms. The number of rotatable bonds is 5. The number of hydrogen-bond donors (Lipinski definition) is 1. The first-order chi connectivity index (χ1) is 19.6. The predicted octanol–water partition coefficient (Wildman–Crippen LogP) is 7.38. The quantitative estimate of drug-likeness (QED) is 0.243. The molecule has 192 valence electrons. The molecule has 1 heterocycles. The Bertz CT molecular complexity index is 1740. The number of carbonyl (C=O) groups excluding carboxylic acids is 1. The van der Waals surface area contributed by atoms with Crippen molar-refractivity contribution in [2.75, 3.05) is 4.90 Å². The van der Waals surface area contributed by atoms with E-state index >= 15 is 4.79 Å². The Labute approximate surface area is 234 Å². The van der Waals surface area contributed by atoms with E-state index in [0.717, 1.165) is 44.3 Å². The topological polar surface area (TPSA) is 46.3 Å². The van der Waals surface area contributed by atoms with Crippen LogP contribution in [0, 0.1) is 0 Å². The van der Waals surface area contributed by atoms with E-state index < -0.39 is 11.1 Å². The third kappa shape index (κ3) is 3.38. The fraction of sp³-hybridized carbons (Fsp3) is 0.0541. The standard InChI is InChI=1S/C37H28N2O/c38-36(32-25-24-27-14-10-11-15-28(27)26-32)33-22-12-13-23-34(33)39(35(36)40)37(29-16-4-1-5-17-29,30-18-6-2-7-19-30)31-20-8-3-9-21-31/h1-26H,38H2/t36-/m1/s1. The van der Waals surface area contributed by atoms with E-state index in [0.29, 0.717) is 0 Å². The van der Waals surface area contributed by atoms with Crippen LogP contribution in [0.5, 0.6) is 0 Å². The maximum absolute atomic E-state index is 15.2. The highest BCUT2D eigenvalue weighted by molar-refractivity contribution is 6.12. The zero-order valence-corrected chi connectivity index (χ0v) is 21.9. The zero-order valence-electron chi connectivity index (χ0n) is 21.9. The van der Waals surface area contributed by atoms with Gasteiger partial charge in [-0.2, -0.15) is 0 Å². The van der Waals surface area contributed by atoms with Crippen LogP contribution in [0.1, 0.15) is 27.8 Å². The summed E-state index contributed by atoms with van der Waals surface area (Å²) in [4.78, 5) is 17.1. The molecule has 0 radical (unpaired) electrons. The number of para-hydroxylation sites is 1. The van der Waals surface area contributed by atoms with E-state index in [-0.39, 0.29) is 5.91 Å². The van der Waals surface area contributed by atoms with Gasteiger partial charge in [-0.3, -0.25) is 9.69 Å². The number of nitrogens with two attached hydrogens (primary N) is 1. The SMILES string of the molecule is N[C@@]1(c2ccc3ccccc3c2)C(=O)N(C(c2ccccc2)(c2ccccc2)c2ccccc2)c2ccccc21. The van der Waals surface area contributed by atoms with Crippen LogP contribution in [0.15, 0.2) is 158 Å². The minimum Gasteiger partial charge on any atom is -0.310 e. The summed E-state index contributed by atoms with van der Waals surface area (Å²) in [7, 11) is 0. The largest absolute Gasteiger partial charge is 0.310 e. The summed E-state index contributed by atoms with van der Waals surface area (Å²) in [5, 5.41) is 2.16. The Kier molecular flexibility index (Phi) is 5.62. The van der Waals surface area contributed by atoms with E-state index in [1.54, 1.807) is 0 Å². The molecule has 1 aliphatic heterocycles. The van der Waals surface area contributed by atoms with Crippen LogP contribution < -0.4 is 10.6 Å².